The highest BCUT2D eigenvalue weighted by Crippen LogP contribution is 2.24. The molecule has 0 fully saturated rings. The third kappa shape index (κ3) is 1.99. The lowest BCUT2D eigenvalue weighted by molar-refractivity contribution is 0.618. The Bertz CT molecular complexity index is 668. The number of rotatable bonds is 3. The fourth-order valence-corrected chi connectivity index (χ4v) is 3.33. The Morgan fingerprint density at radius 1 is 1.41 bits per heavy atom. The first-order valence-corrected chi connectivity index (χ1v) is 7.32. The average molecular weight is 317 g/mol. The fraction of sp³-hybridized carbons (Fsp3) is 0.455. The van der Waals surface area contributed by atoms with Crippen molar-refractivity contribution in [2.75, 3.05) is 0 Å². The summed E-state index contributed by atoms with van der Waals surface area (Å²) in [6, 6.07) is 1.86. The molecule has 0 aliphatic rings. The number of hydrogen-bond acceptors (Lipinski definition) is 3. The number of nitrogens with zero attached hydrogens (tertiary/aromatic N) is 2. The molecule has 92 valence electrons. The van der Waals surface area contributed by atoms with Crippen LogP contribution in [0.15, 0.2) is 15.7 Å². The topological polar surface area (TPSA) is 44.0 Å². The number of alkyl halides is 1. The molecule has 0 aromatic carbocycles. The van der Waals surface area contributed by atoms with E-state index in [9.17, 15) is 9.59 Å². The van der Waals surface area contributed by atoms with Crippen LogP contribution in [-0.4, -0.2) is 9.13 Å². The number of halogens is 1. The van der Waals surface area contributed by atoms with Crippen LogP contribution in [0.25, 0.3) is 10.2 Å². The molecule has 0 saturated heterocycles. The van der Waals surface area contributed by atoms with E-state index in [2.05, 4.69) is 15.9 Å². The van der Waals surface area contributed by atoms with Crippen molar-refractivity contribution in [3.63, 3.8) is 0 Å². The number of aromatic nitrogens is 2. The number of aryl methyl sites for hydroxylation is 1. The fourth-order valence-electron chi connectivity index (χ4n) is 1.81. The van der Waals surface area contributed by atoms with Gasteiger partial charge in [-0.3, -0.25) is 13.9 Å². The first-order valence-electron chi connectivity index (χ1n) is 5.38. The van der Waals surface area contributed by atoms with Crippen LogP contribution in [0.5, 0.6) is 0 Å². The molecule has 6 heteroatoms. The lowest BCUT2D eigenvalue weighted by atomic mass is 10.3. The van der Waals surface area contributed by atoms with Gasteiger partial charge >= 0.3 is 5.69 Å². The van der Waals surface area contributed by atoms with E-state index in [1.54, 1.807) is 4.57 Å². The summed E-state index contributed by atoms with van der Waals surface area (Å²) in [5.74, 6) is 0. The molecule has 17 heavy (non-hydrogen) atoms. The van der Waals surface area contributed by atoms with Crippen LogP contribution in [0.2, 0.25) is 0 Å². The summed E-state index contributed by atoms with van der Waals surface area (Å²) in [5, 5.41) is 1.34. The van der Waals surface area contributed by atoms with Crippen LogP contribution < -0.4 is 11.2 Å². The zero-order valence-corrected chi connectivity index (χ0v) is 12.1. The van der Waals surface area contributed by atoms with Crippen molar-refractivity contribution in [3.05, 3.63) is 31.8 Å². The van der Waals surface area contributed by atoms with Gasteiger partial charge in [-0.2, -0.15) is 0 Å². The van der Waals surface area contributed by atoms with Gasteiger partial charge in [-0.1, -0.05) is 22.9 Å². The Balaban J connectivity index is 2.91. The number of fused-ring (bicyclic) bond motifs is 1. The first-order chi connectivity index (χ1) is 8.10. The van der Waals surface area contributed by atoms with Crippen LogP contribution in [0.1, 0.15) is 18.2 Å². The Kier molecular flexibility index (Phi) is 3.53. The molecule has 2 heterocycles. The summed E-state index contributed by atoms with van der Waals surface area (Å²) in [4.78, 5) is 25.8. The molecule has 4 nitrogen and oxygen atoms in total. The molecule has 0 N–H and O–H groups in total. The maximum Gasteiger partial charge on any atom is 0.331 e. The van der Waals surface area contributed by atoms with Gasteiger partial charge in [0.05, 0.1) is 5.39 Å². The minimum absolute atomic E-state index is 0.208. The SMILES string of the molecule is CCCn1c(=O)n(C)c(=O)c2cc(CBr)sc21. The van der Waals surface area contributed by atoms with Gasteiger partial charge in [0, 0.05) is 23.8 Å². The first kappa shape index (κ1) is 12.6. The van der Waals surface area contributed by atoms with Gasteiger partial charge < -0.3 is 0 Å². The van der Waals surface area contributed by atoms with Crippen LogP contribution >= 0.6 is 27.3 Å². The Hall–Kier alpha value is -0.880. The molecule has 2 rings (SSSR count). The second-order valence-electron chi connectivity index (χ2n) is 3.86. The smallest absolute Gasteiger partial charge is 0.284 e. The van der Waals surface area contributed by atoms with Crippen molar-refractivity contribution < 1.29 is 0 Å². The van der Waals surface area contributed by atoms with Crippen molar-refractivity contribution in [1.29, 1.82) is 0 Å². The standard InChI is InChI=1S/C11H13BrN2O2S/c1-3-4-14-10-8(5-7(6-12)17-10)9(15)13(2)11(14)16/h5H,3-4,6H2,1-2H3. The Labute approximate surface area is 111 Å². The molecule has 0 spiro atoms. The monoisotopic (exact) mass is 316 g/mol. The normalized spacial score (nSPS) is 11.2. The van der Waals surface area contributed by atoms with Gasteiger partial charge in [0.25, 0.3) is 5.56 Å². The third-order valence-electron chi connectivity index (χ3n) is 2.64. The molecule has 0 bridgehead atoms. The highest BCUT2D eigenvalue weighted by Gasteiger charge is 2.13. The lowest BCUT2D eigenvalue weighted by Crippen LogP contribution is -2.37. The average Bonchev–Trinajstić information content (AvgIpc) is 2.76. The van der Waals surface area contributed by atoms with Crippen molar-refractivity contribution >= 4 is 37.5 Å². The molecule has 0 aliphatic carbocycles. The Morgan fingerprint density at radius 3 is 2.71 bits per heavy atom. The molecule has 0 atom stereocenters. The van der Waals surface area contributed by atoms with Gasteiger partial charge in [-0.25, -0.2) is 4.79 Å². The van der Waals surface area contributed by atoms with Crippen molar-refractivity contribution in [1.82, 2.24) is 9.13 Å². The van der Waals surface area contributed by atoms with E-state index in [4.69, 9.17) is 0 Å². The molecular weight excluding hydrogens is 304 g/mol. The number of hydrogen-bond donors (Lipinski definition) is 0. The predicted octanol–water partition coefficient (Wildman–Crippen LogP) is 2.07. The quantitative estimate of drug-likeness (QED) is 0.814. The number of thiophene rings is 1. The summed E-state index contributed by atoms with van der Waals surface area (Å²) in [6.07, 6.45) is 0.870. The van der Waals surface area contributed by atoms with E-state index in [0.717, 1.165) is 16.1 Å². The molecular formula is C11H13BrN2O2S. The maximum absolute atomic E-state index is 12.0. The summed E-state index contributed by atoms with van der Waals surface area (Å²) in [6.45, 7) is 2.66. The minimum Gasteiger partial charge on any atom is -0.284 e. The van der Waals surface area contributed by atoms with E-state index in [0.29, 0.717) is 17.3 Å². The van der Waals surface area contributed by atoms with Crippen molar-refractivity contribution in [2.45, 2.75) is 25.2 Å². The van der Waals surface area contributed by atoms with Gasteiger partial charge in [-0.05, 0) is 12.5 Å². The van der Waals surface area contributed by atoms with Gasteiger partial charge in [0.15, 0.2) is 0 Å². The van der Waals surface area contributed by atoms with Crippen molar-refractivity contribution in [3.8, 4) is 0 Å². The van der Waals surface area contributed by atoms with E-state index in [-0.39, 0.29) is 11.2 Å². The molecule has 0 amide bonds. The summed E-state index contributed by atoms with van der Waals surface area (Å²) >= 11 is 4.88. The van der Waals surface area contributed by atoms with Crippen LogP contribution in [0.4, 0.5) is 0 Å². The van der Waals surface area contributed by atoms with Crippen molar-refractivity contribution in [2.24, 2.45) is 7.05 Å². The molecule has 0 aliphatic heterocycles. The molecule has 0 saturated carbocycles. The van der Waals surface area contributed by atoms with Gasteiger partial charge in [0.2, 0.25) is 0 Å². The molecule has 2 aromatic rings. The minimum atomic E-state index is -0.229. The molecule has 0 radical (unpaired) electrons. The Morgan fingerprint density at radius 2 is 2.12 bits per heavy atom. The molecule has 2 aromatic heterocycles. The van der Waals surface area contributed by atoms with Crippen LogP contribution in [0.3, 0.4) is 0 Å². The van der Waals surface area contributed by atoms with Gasteiger partial charge in [0.1, 0.15) is 4.83 Å². The van der Waals surface area contributed by atoms with E-state index in [1.165, 1.54) is 23.0 Å². The summed E-state index contributed by atoms with van der Waals surface area (Å²) < 4.78 is 2.87. The summed E-state index contributed by atoms with van der Waals surface area (Å²) in [7, 11) is 1.53. The summed E-state index contributed by atoms with van der Waals surface area (Å²) in [5.41, 5.74) is -0.437. The second kappa shape index (κ2) is 4.78. The predicted molar refractivity (Wildman–Crippen MR) is 74.2 cm³/mol. The van der Waals surface area contributed by atoms with E-state index in [1.807, 2.05) is 13.0 Å². The van der Waals surface area contributed by atoms with Gasteiger partial charge in [-0.15, -0.1) is 11.3 Å². The second-order valence-corrected chi connectivity index (χ2v) is 5.54. The maximum atomic E-state index is 12.0. The highest BCUT2D eigenvalue weighted by molar-refractivity contribution is 9.08. The lowest BCUT2D eigenvalue weighted by Gasteiger charge is -2.07. The highest BCUT2D eigenvalue weighted by atomic mass is 79.9. The zero-order valence-electron chi connectivity index (χ0n) is 9.70. The van der Waals surface area contributed by atoms with E-state index >= 15 is 0 Å². The largest absolute Gasteiger partial charge is 0.331 e. The third-order valence-corrected chi connectivity index (χ3v) is 4.77. The molecule has 0 unspecified atom stereocenters. The zero-order chi connectivity index (χ0) is 12.6. The van der Waals surface area contributed by atoms with Crippen LogP contribution in [-0.2, 0) is 18.9 Å². The van der Waals surface area contributed by atoms with E-state index < -0.39 is 0 Å². The van der Waals surface area contributed by atoms with Crippen LogP contribution in [0, 0.1) is 0 Å².